The fourth-order valence-corrected chi connectivity index (χ4v) is 1.56. The number of carbonyl (C=O) groups excluding carboxylic acids is 1. The Hall–Kier alpha value is -2.88. The van der Waals surface area contributed by atoms with Crippen LogP contribution in [0.25, 0.3) is 0 Å². The highest BCUT2D eigenvalue weighted by Crippen LogP contribution is 2.20. The van der Waals surface area contributed by atoms with E-state index in [-0.39, 0.29) is 11.8 Å². The van der Waals surface area contributed by atoms with Gasteiger partial charge >= 0.3 is 0 Å². The van der Waals surface area contributed by atoms with Gasteiger partial charge in [0, 0.05) is 5.69 Å². The van der Waals surface area contributed by atoms with Crippen LogP contribution in [0.5, 0.6) is 0 Å². The standard InChI is InChI=1S/C14H6F4N2O/c15-10-5-9(11(16)13(18)12(10)17)14(21)20-8-3-1-7(6-19)2-4-8/h1-5H,(H,20,21). The summed E-state index contributed by atoms with van der Waals surface area (Å²) in [6.07, 6.45) is 0. The second-order valence-corrected chi connectivity index (χ2v) is 3.99. The van der Waals surface area contributed by atoms with Gasteiger partial charge in [-0.15, -0.1) is 0 Å². The van der Waals surface area contributed by atoms with E-state index in [2.05, 4.69) is 5.32 Å². The number of rotatable bonds is 2. The first kappa shape index (κ1) is 14.5. The summed E-state index contributed by atoms with van der Waals surface area (Å²) in [6, 6.07) is 7.60. The van der Waals surface area contributed by atoms with E-state index in [0.29, 0.717) is 5.56 Å². The number of hydrogen-bond donors (Lipinski definition) is 1. The molecule has 7 heteroatoms. The van der Waals surface area contributed by atoms with E-state index in [0.717, 1.165) is 0 Å². The summed E-state index contributed by atoms with van der Waals surface area (Å²) in [6.45, 7) is 0. The average Bonchev–Trinajstić information content (AvgIpc) is 2.49. The van der Waals surface area contributed by atoms with Crippen LogP contribution in [0, 0.1) is 34.6 Å². The van der Waals surface area contributed by atoms with Crippen LogP contribution in [0.4, 0.5) is 23.2 Å². The normalized spacial score (nSPS) is 10.0. The molecular formula is C14H6F4N2O. The molecule has 106 valence electrons. The summed E-state index contributed by atoms with van der Waals surface area (Å²) in [5.41, 5.74) is -0.447. The van der Waals surface area contributed by atoms with Gasteiger partial charge in [0.15, 0.2) is 23.3 Å². The number of nitriles is 1. The molecule has 1 amide bonds. The molecule has 0 saturated heterocycles. The summed E-state index contributed by atoms with van der Waals surface area (Å²) < 4.78 is 52.3. The molecule has 2 aromatic carbocycles. The molecule has 21 heavy (non-hydrogen) atoms. The van der Waals surface area contributed by atoms with Crippen molar-refractivity contribution >= 4 is 11.6 Å². The van der Waals surface area contributed by atoms with Crippen molar-refractivity contribution in [1.82, 2.24) is 0 Å². The average molecular weight is 294 g/mol. The quantitative estimate of drug-likeness (QED) is 0.524. The summed E-state index contributed by atoms with van der Waals surface area (Å²) in [5.74, 6) is -8.63. The molecule has 0 heterocycles. The third kappa shape index (κ3) is 2.84. The van der Waals surface area contributed by atoms with Crippen LogP contribution in [-0.4, -0.2) is 5.91 Å². The molecule has 0 aliphatic heterocycles. The highest BCUT2D eigenvalue weighted by molar-refractivity contribution is 6.04. The van der Waals surface area contributed by atoms with Crippen LogP contribution >= 0.6 is 0 Å². The van der Waals surface area contributed by atoms with Gasteiger partial charge in [-0.2, -0.15) is 5.26 Å². The molecule has 0 aliphatic rings. The van der Waals surface area contributed by atoms with Gasteiger partial charge in [0.2, 0.25) is 0 Å². The van der Waals surface area contributed by atoms with Crippen LogP contribution < -0.4 is 5.32 Å². The predicted octanol–water partition coefficient (Wildman–Crippen LogP) is 3.37. The van der Waals surface area contributed by atoms with Crippen molar-refractivity contribution in [3.05, 3.63) is 64.7 Å². The zero-order valence-corrected chi connectivity index (χ0v) is 10.3. The molecule has 0 saturated carbocycles. The Bertz CT molecular complexity index is 751. The minimum absolute atomic E-state index is 0.184. The zero-order chi connectivity index (χ0) is 15.6. The highest BCUT2D eigenvalue weighted by atomic mass is 19.2. The lowest BCUT2D eigenvalue weighted by atomic mass is 10.1. The molecule has 2 aromatic rings. The van der Waals surface area contributed by atoms with E-state index >= 15 is 0 Å². The fraction of sp³-hybridized carbons (Fsp3) is 0. The number of nitrogens with one attached hydrogen (secondary N) is 1. The number of benzene rings is 2. The van der Waals surface area contributed by atoms with Crippen LogP contribution in [-0.2, 0) is 0 Å². The second kappa shape index (κ2) is 5.63. The molecule has 3 nitrogen and oxygen atoms in total. The van der Waals surface area contributed by atoms with Crippen molar-refractivity contribution in [2.45, 2.75) is 0 Å². The molecule has 1 N–H and O–H groups in total. The lowest BCUT2D eigenvalue weighted by Crippen LogP contribution is -2.16. The Kier molecular flexibility index (Phi) is 3.89. The lowest BCUT2D eigenvalue weighted by Gasteiger charge is -2.07. The summed E-state index contributed by atoms with van der Waals surface area (Å²) in [7, 11) is 0. The van der Waals surface area contributed by atoms with Crippen molar-refractivity contribution in [1.29, 1.82) is 5.26 Å². The number of hydrogen-bond acceptors (Lipinski definition) is 2. The Labute approximate surface area is 116 Å². The van der Waals surface area contributed by atoms with E-state index < -0.39 is 34.7 Å². The highest BCUT2D eigenvalue weighted by Gasteiger charge is 2.23. The maximum Gasteiger partial charge on any atom is 0.258 e. The molecule has 0 radical (unpaired) electrons. The molecule has 0 bridgehead atoms. The Morgan fingerprint density at radius 1 is 1.00 bits per heavy atom. The van der Waals surface area contributed by atoms with Crippen molar-refractivity contribution in [2.75, 3.05) is 5.32 Å². The first-order valence-electron chi connectivity index (χ1n) is 5.58. The predicted molar refractivity (Wildman–Crippen MR) is 65.4 cm³/mol. The Balaban J connectivity index is 2.30. The molecular weight excluding hydrogens is 288 g/mol. The maximum absolute atomic E-state index is 13.4. The minimum atomic E-state index is -2.06. The number of nitrogens with zero attached hydrogens (tertiary/aromatic N) is 1. The van der Waals surface area contributed by atoms with E-state index in [1.165, 1.54) is 24.3 Å². The van der Waals surface area contributed by atoms with Gasteiger partial charge in [-0.25, -0.2) is 17.6 Å². The topological polar surface area (TPSA) is 52.9 Å². The maximum atomic E-state index is 13.4. The van der Waals surface area contributed by atoms with E-state index in [1.54, 1.807) is 0 Å². The van der Waals surface area contributed by atoms with Crippen LogP contribution in [0.3, 0.4) is 0 Å². The van der Waals surface area contributed by atoms with Crippen molar-refractivity contribution < 1.29 is 22.4 Å². The number of amides is 1. The van der Waals surface area contributed by atoms with Crippen molar-refractivity contribution in [3.8, 4) is 6.07 Å². The first-order valence-corrected chi connectivity index (χ1v) is 5.58. The first-order chi connectivity index (χ1) is 9.93. The van der Waals surface area contributed by atoms with Gasteiger partial charge in [-0.05, 0) is 30.3 Å². The molecule has 0 atom stereocenters. The van der Waals surface area contributed by atoms with Gasteiger partial charge in [-0.1, -0.05) is 0 Å². The second-order valence-electron chi connectivity index (χ2n) is 3.99. The number of anilines is 1. The third-order valence-electron chi connectivity index (χ3n) is 2.62. The fourth-order valence-electron chi connectivity index (χ4n) is 1.56. The van der Waals surface area contributed by atoms with Crippen molar-refractivity contribution in [3.63, 3.8) is 0 Å². The van der Waals surface area contributed by atoms with E-state index in [9.17, 15) is 22.4 Å². The lowest BCUT2D eigenvalue weighted by molar-refractivity contribution is 0.102. The summed E-state index contributed by atoms with van der Waals surface area (Å²) in [4.78, 5) is 11.7. The summed E-state index contributed by atoms with van der Waals surface area (Å²) >= 11 is 0. The Morgan fingerprint density at radius 3 is 2.19 bits per heavy atom. The zero-order valence-electron chi connectivity index (χ0n) is 10.3. The molecule has 0 aromatic heterocycles. The van der Waals surface area contributed by atoms with Crippen molar-refractivity contribution in [2.24, 2.45) is 0 Å². The third-order valence-corrected chi connectivity index (χ3v) is 2.62. The van der Waals surface area contributed by atoms with Gasteiger partial charge in [0.25, 0.3) is 5.91 Å². The molecule has 0 unspecified atom stereocenters. The molecule has 0 spiro atoms. The van der Waals surface area contributed by atoms with Gasteiger partial charge in [-0.3, -0.25) is 4.79 Å². The SMILES string of the molecule is N#Cc1ccc(NC(=O)c2cc(F)c(F)c(F)c2F)cc1. The summed E-state index contributed by atoms with van der Waals surface area (Å²) in [5, 5.41) is 10.8. The Morgan fingerprint density at radius 2 is 1.62 bits per heavy atom. The van der Waals surface area contributed by atoms with Crippen LogP contribution in [0.1, 0.15) is 15.9 Å². The largest absolute Gasteiger partial charge is 0.322 e. The molecule has 0 aliphatic carbocycles. The van der Waals surface area contributed by atoms with Gasteiger partial charge < -0.3 is 5.32 Å². The van der Waals surface area contributed by atoms with E-state index in [4.69, 9.17) is 5.26 Å². The smallest absolute Gasteiger partial charge is 0.258 e. The minimum Gasteiger partial charge on any atom is -0.322 e. The van der Waals surface area contributed by atoms with Gasteiger partial charge in [0.05, 0.1) is 17.2 Å². The number of halogens is 4. The van der Waals surface area contributed by atoms with Gasteiger partial charge in [0.1, 0.15) is 0 Å². The van der Waals surface area contributed by atoms with Crippen LogP contribution in [0.2, 0.25) is 0 Å². The van der Waals surface area contributed by atoms with E-state index in [1.807, 2.05) is 6.07 Å². The number of carbonyl (C=O) groups is 1. The molecule has 0 fully saturated rings. The molecule has 2 rings (SSSR count). The monoisotopic (exact) mass is 294 g/mol. The van der Waals surface area contributed by atoms with Crippen LogP contribution in [0.15, 0.2) is 30.3 Å².